The van der Waals surface area contributed by atoms with Gasteiger partial charge in [0.05, 0.1) is 11.5 Å². The van der Waals surface area contributed by atoms with Crippen LogP contribution < -0.4 is 0 Å². The molecule has 2 saturated carbocycles. The molecule has 5 nitrogen and oxygen atoms in total. The zero-order valence-electron chi connectivity index (χ0n) is 18.0. The number of esters is 2. The first-order valence-corrected chi connectivity index (χ1v) is 10.3. The van der Waals surface area contributed by atoms with Crippen LogP contribution in [0.25, 0.3) is 0 Å². The summed E-state index contributed by atoms with van der Waals surface area (Å²) in [5.41, 5.74) is -0.566. The summed E-state index contributed by atoms with van der Waals surface area (Å²) in [6, 6.07) is 0. The molecule has 0 bridgehead atoms. The minimum atomic E-state index is -0.564. The Balaban J connectivity index is 0.00000146. The van der Waals surface area contributed by atoms with Crippen molar-refractivity contribution in [1.82, 2.24) is 0 Å². The second-order valence-electron chi connectivity index (χ2n) is 7.32. The normalized spacial score (nSPS) is 18.4. The Morgan fingerprint density at radius 1 is 0.962 bits per heavy atom. The standard InChI is InChI=1S/C17H28O5.2C2H6/c1-16(2,17(3)9-10-17)15(19)20-11-14(18)22-12-21-13-7-5-4-6-8-13;2*1-2/h13H,4-12H2,1-3H3;2*1-2H3. The number of rotatable bonds is 7. The Morgan fingerprint density at radius 3 is 2.00 bits per heavy atom. The fourth-order valence-corrected chi connectivity index (χ4v) is 2.83. The van der Waals surface area contributed by atoms with Crippen molar-refractivity contribution in [1.29, 1.82) is 0 Å². The van der Waals surface area contributed by atoms with Crippen LogP contribution >= 0.6 is 0 Å². The third-order valence-electron chi connectivity index (χ3n) is 5.42. The van der Waals surface area contributed by atoms with E-state index in [1.807, 2.05) is 41.5 Å². The van der Waals surface area contributed by atoms with Gasteiger partial charge >= 0.3 is 11.9 Å². The minimum absolute atomic E-state index is 0.00190. The Morgan fingerprint density at radius 2 is 1.50 bits per heavy atom. The molecule has 0 heterocycles. The highest BCUT2D eigenvalue weighted by molar-refractivity contribution is 5.80. The lowest BCUT2D eigenvalue weighted by Gasteiger charge is -2.29. The first kappa shape index (κ1) is 24.9. The van der Waals surface area contributed by atoms with Crippen molar-refractivity contribution < 1.29 is 23.8 Å². The summed E-state index contributed by atoms with van der Waals surface area (Å²) in [5, 5.41) is 0. The summed E-state index contributed by atoms with van der Waals surface area (Å²) in [7, 11) is 0. The summed E-state index contributed by atoms with van der Waals surface area (Å²) in [4.78, 5) is 23.7. The number of carbonyl (C=O) groups excluding carboxylic acids is 2. The van der Waals surface area contributed by atoms with Crippen LogP contribution in [0.5, 0.6) is 0 Å². The van der Waals surface area contributed by atoms with Gasteiger partial charge in [0.25, 0.3) is 0 Å². The van der Waals surface area contributed by atoms with Crippen LogP contribution in [0.2, 0.25) is 0 Å². The lowest BCUT2D eigenvalue weighted by molar-refractivity contribution is -0.176. The predicted octanol–water partition coefficient (Wildman–Crippen LogP) is 5.26. The second kappa shape index (κ2) is 12.3. The number of ether oxygens (including phenoxy) is 3. The molecule has 0 atom stereocenters. The molecule has 0 unspecified atom stereocenters. The van der Waals surface area contributed by atoms with Crippen LogP contribution in [0.3, 0.4) is 0 Å². The van der Waals surface area contributed by atoms with Gasteiger partial charge in [-0.3, -0.25) is 4.79 Å². The lowest BCUT2D eigenvalue weighted by atomic mass is 9.77. The van der Waals surface area contributed by atoms with Gasteiger partial charge in [-0.05, 0) is 44.9 Å². The van der Waals surface area contributed by atoms with E-state index in [2.05, 4.69) is 6.92 Å². The Bertz CT molecular complexity index is 407. The SMILES string of the molecule is CC.CC.CC1(C(C)(C)C(=O)OCC(=O)OCOC2CCCCC2)CC1. The van der Waals surface area contributed by atoms with Crippen LogP contribution in [0.15, 0.2) is 0 Å². The van der Waals surface area contributed by atoms with Crippen molar-refractivity contribution >= 4 is 11.9 Å². The van der Waals surface area contributed by atoms with Gasteiger partial charge in [0, 0.05) is 0 Å². The quantitative estimate of drug-likeness (QED) is 0.451. The molecular formula is C21H40O5. The summed E-state index contributed by atoms with van der Waals surface area (Å²) < 4.78 is 15.6. The maximum Gasteiger partial charge on any atom is 0.346 e. The molecule has 2 aliphatic carbocycles. The van der Waals surface area contributed by atoms with Gasteiger partial charge in [-0.1, -0.05) is 53.9 Å². The predicted molar refractivity (Wildman–Crippen MR) is 104 cm³/mol. The van der Waals surface area contributed by atoms with Crippen LogP contribution in [-0.2, 0) is 23.8 Å². The van der Waals surface area contributed by atoms with E-state index in [9.17, 15) is 9.59 Å². The van der Waals surface area contributed by atoms with Gasteiger partial charge in [-0.2, -0.15) is 0 Å². The number of hydrogen-bond acceptors (Lipinski definition) is 5. The molecule has 0 N–H and O–H groups in total. The van der Waals surface area contributed by atoms with Crippen LogP contribution in [0.1, 0.15) is 93.4 Å². The van der Waals surface area contributed by atoms with E-state index in [1.165, 1.54) is 19.3 Å². The fraction of sp³-hybridized carbons (Fsp3) is 0.905. The maximum atomic E-state index is 12.1. The Kier molecular flexibility index (Phi) is 11.8. The molecule has 0 saturated heterocycles. The average molecular weight is 373 g/mol. The van der Waals surface area contributed by atoms with E-state index in [1.54, 1.807) is 0 Å². The van der Waals surface area contributed by atoms with Crippen molar-refractivity contribution in [2.24, 2.45) is 10.8 Å². The molecule has 0 aromatic heterocycles. The van der Waals surface area contributed by atoms with E-state index in [0.717, 1.165) is 25.7 Å². The van der Waals surface area contributed by atoms with E-state index in [4.69, 9.17) is 14.2 Å². The molecule has 2 fully saturated rings. The lowest BCUT2D eigenvalue weighted by Crippen LogP contribution is -2.35. The van der Waals surface area contributed by atoms with E-state index in [0.29, 0.717) is 0 Å². The van der Waals surface area contributed by atoms with Gasteiger partial charge < -0.3 is 14.2 Å². The molecule has 0 amide bonds. The van der Waals surface area contributed by atoms with Gasteiger partial charge in [0.2, 0.25) is 0 Å². The summed E-state index contributed by atoms with van der Waals surface area (Å²) in [5.74, 6) is -0.890. The molecule has 26 heavy (non-hydrogen) atoms. The smallest absolute Gasteiger partial charge is 0.346 e. The number of hydrogen-bond donors (Lipinski definition) is 0. The van der Waals surface area contributed by atoms with E-state index < -0.39 is 11.4 Å². The first-order chi connectivity index (χ1) is 12.3. The highest BCUT2D eigenvalue weighted by Crippen LogP contribution is 2.58. The van der Waals surface area contributed by atoms with Crippen LogP contribution in [-0.4, -0.2) is 31.4 Å². The Labute approximate surface area is 160 Å². The third-order valence-corrected chi connectivity index (χ3v) is 5.42. The van der Waals surface area contributed by atoms with Crippen molar-refractivity contribution in [3.63, 3.8) is 0 Å². The molecule has 0 radical (unpaired) electrons. The third kappa shape index (κ3) is 7.65. The average Bonchev–Trinajstić information content (AvgIpc) is 3.43. The molecular weight excluding hydrogens is 332 g/mol. The number of carbonyl (C=O) groups is 2. The van der Waals surface area contributed by atoms with Gasteiger partial charge in [-0.15, -0.1) is 0 Å². The minimum Gasteiger partial charge on any atom is -0.453 e. The molecule has 2 aliphatic rings. The van der Waals surface area contributed by atoms with Crippen molar-refractivity contribution in [2.75, 3.05) is 13.4 Å². The van der Waals surface area contributed by atoms with Crippen molar-refractivity contribution in [3.05, 3.63) is 0 Å². The Hall–Kier alpha value is -1.10. The molecule has 5 heteroatoms. The second-order valence-corrected chi connectivity index (χ2v) is 7.32. The van der Waals surface area contributed by atoms with Gasteiger partial charge in [0.15, 0.2) is 13.4 Å². The molecule has 0 aromatic carbocycles. The van der Waals surface area contributed by atoms with Crippen LogP contribution in [0.4, 0.5) is 0 Å². The van der Waals surface area contributed by atoms with Crippen molar-refractivity contribution in [3.8, 4) is 0 Å². The maximum absolute atomic E-state index is 12.1. The summed E-state index contributed by atoms with van der Waals surface area (Å²) in [6.07, 6.45) is 7.89. The summed E-state index contributed by atoms with van der Waals surface area (Å²) >= 11 is 0. The fourth-order valence-electron chi connectivity index (χ4n) is 2.83. The van der Waals surface area contributed by atoms with Crippen molar-refractivity contribution in [2.45, 2.75) is 99.5 Å². The molecule has 0 aliphatic heterocycles. The van der Waals surface area contributed by atoms with Crippen LogP contribution in [0, 0.1) is 10.8 Å². The molecule has 2 rings (SSSR count). The van der Waals surface area contributed by atoms with E-state index >= 15 is 0 Å². The summed E-state index contributed by atoms with van der Waals surface area (Å²) in [6.45, 7) is 13.4. The molecule has 154 valence electrons. The topological polar surface area (TPSA) is 61.8 Å². The van der Waals surface area contributed by atoms with Gasteiger partial charge in [-0.25, -0.2) is 4.79 Å². The largest absolute Gasteiger partial charge is 0.453 e. The van der Waals surface area contributed by atoms with E-state index in [-0.39, 0.29) is 30.9 Å². The molecule has 0 spiro atoms. The first-order valence-electron chi connectivity index (χ1n) is 10.3. The zero-order valence-corrected chi connectivity index (χ0v) is 18.0. The highest BCUT2D eigenvalue weighted by Gasteiger charge is 2.55. The molecule has 0 aromatic rings. The highest BCUT2D eigenvalue weighted by atomic mass is 16.7. The monoisotopic (exact) mass is 372 g/mol. The van der Waals surface area contributed by atoms with Gasteiger partial charge in [0.1, 0.15) is 0 Å². The zero-order chi connectivity index (χ0) is 20.2.